The van der Waals surface area contributed by atoms with E-state index in [1.165, 1.54) is 0 Å². The van der Waals surface area contributed by atoms with Crippen LogP contribution in [0.1, 0.15) is 50.4 Å². The van der Waals surface area contributed by atoms with Gasteiger partial charge in [-0.05, 0) is 51.8 Å². The van der Waals surface area contributed by atoms with E-state index in [1.807, 2.05) is 46.8 Å². The first-order valence-corrected chi connectivity index (χ1v) is 7.10. The van der Waals surface area contributed by atoms with Crippen molar-refractivity contribution in [1.29, 1.82) is 5.26 Å². The predicted octanol–water partition coefficient (Wildman–Crippen LogP) is 2.98. The summed E-state index contributed by atoms with van der Waals surface area (Å²) in [7, 11) is -1.12. The lowest BCUT2D eigenvalue weighted by Gasteiger charge is -2.23. The SMILES string of the molecule is Cc1c(C#N)cccc1[C@@H](C)N[S@](=O)C(C)(C)C. The molecule has 0 saturated carbocycles. The van der Waals surface area contributed by atoms with Crippen LogP contribution in [-0.4, -0.2) is 8.96 Å². The van der Waals surface area contributed by atoms with Gasteiger partial charge in [-0.3, -0.25) is 0 Å². The molecule has 0 unspecified atom stereocenters. The van der Waals surface area contributed by atoms with Gasteiger partial charge in [-0.2, -0.15) is 5.26 Å². The first-order chi connectivity index (χ1) is 8.27. The van der Waals surface area contributed by atoms with E-state index in [4.69, 9.17) is 5.26 Å². The molecule has 0 spiro atoms. The van der Waals surface area contributed by atoms with Gasteiger partial charge in [-0.15, -0.1) is 0 Å². The number of nitriles is 1. The van der Waals surface area contributed by atoms with E-state index in [0.717, 1.165) is 11.1 Å². The van der Waals surface area contributed by atoms with Crippen LogP contribution in [0.5, 0.6) is 0 Å². The number of benzene rings is 1. The maximum absolute atomic E-state index is 12.0. The van der Waals surface area contributed by atoms with Gasteiger partial charge < -0.3 is 0 Å². The van der Waals surface area contributed by atoms with Crippen molar-refractivity contribution < 1.29 is 4.21 Å². The Labute approximate surface area is 112 Å². The molecule has 0 aliphatic carbocycles. The van der Waals surface area contributed by atoms with Crippen molar-refractivity contribution in [2.45, 2.75) is 45.4 Å². The molecular weight excluding hydrogens is 244 g/mol. The molecule has 1 rings (SSSR count). The minimum atomic E-state index is -1.12. The monoisotopic (exact) mass is 264 g/mol. The van der Waals surface area contributed by atoms with Crippen molar-refractivity contribution >= 4 is 11.0 Å². The summed E-state index contributed by atoms with van der Waals surface area (Å²) in [5.41, 5.74) is 2.64. The Bertz CT molecular complexity index is 497. The van der Waals surface area contributed by atoms with E-state index in [-0.39, 0.29) is 10.8 Å². The molecule has 0 heterocycles. The molecule has 0 amide bonds. The third-order valence-electron chi connectivity index (χ3n) is 2.80. The van der Waals surface area contributed by atoms with E-state index in [9.17, 15) is 4.21 Å². The lowest BCUT2D eigenvalue weighted by Crippen LogP contribution is -2.35. The maximum atomic E-state index is 12.0. The molecule has 0 aliphatic heterocycles. The van der Waals surface area contributed by atoms with Crippen LogP contribution < -0.4 is 4.72 Å². The van der Waals surface area contributed by atoms with Gasteiger partial charge in [0.05, 0.1) is 27.4 Å². The Morgan fingerprint density at radius 1 is 1.39 bits per heavy atom. The molecule has 98 valence electrons. The van der Waals surface area contributed by atoms with Gasteiger partial charge in [0.1, 0.15) is 0 Å². The highest BCUT2D eigenvalue weighted by Crippen LogP contribution is 2.22. The van der Waals surface area contributed by atoms with Crippen LogP contribution in [0, 0.1) is 18.3 Å². The average molecular weight is 264 g/mol. The van der Waals surface area contributed by atoms with E-state index >= 15 is 0 Å². The van der Waals surface area contributed by atoms with Gasteiger partial charge in [0.15, 0.2) is 0 Å². The zero-order valence-corrected chi connectivity index (χ0v) is 12.4. The Balaban J connectivity index is 2.96. The molecule has 0 saturated heterocycles. The van der Waals surface area contributed by atoms with Crippen molar-refractivity contribution in [2.24, 2.45) is 0 Å². The summed E-state index contributed by atoms with van der Waals surface area (Å²) in [4.78, 5) is 0. The molecule has 2 atom stereocenters. The highest BCUT2D eigenvalue weighted by molar-refractivity contribution is 7.84. The quantitative estimate of drug-likeness (QED) is 0.912. The van der Waals surface area contributed by atoms with Gasteiger partial charge in [0, 0.05) is 6.04 Å². The third-order valence-corrected chi connectivity index (χ3v) is 4.48. The molecule has 1 N–H and O–H groups in total. The lowest BCUT2D eigenvalue weighted by molar-refractivity contribution is 0.615. The highest BCUT2D eigenvalue weighted by atomic mass is 32.2. The van der Waals surface area contributed by atoms with Gasteiger partial charge in [0.2, 0.25) is 0 Å². The molecule has 18 heavy (non-hydrogen) atoms. The number of nitrogens with one attached hydrogen (secondary N) is 1. The first kappa shape index (κ1) is 14.9. The molecular formula is C14H20N2OS. The number of hydrogen-bond acceptors (Lipinski definition) is 2. The molecule has 0 fully saturated rings. The molecule has 0 radical (unpaired) electrons. The van der Waals surface area contributed by atoms with E-state index in [0.29, 0.717) is 5.56 Å². The Hall–Kier alpha value is -1.18. The van der Waals surface area contributed by atoms with Gasteiger partial charge in [-0.25, -0.2) is 8.93 Å². The van der Waals surface area contributed by atoms with E-state index in [1.54, 1.807) is 6.07 Å². The van der Waals surface area contributed by atoms with Crippen LogP contribution >= 0.6 is 0 Å². The standard InChI is InChI=1S/C14H20N2OS/c1-10-12(9-15)7-6-8-13(10)11(2)16-18(17)14(3,4)5/h6-8,11,16H,1-5H3/t11-,18-/m1/s1. The lowest BCUT2D eigenvalue weighted by atomic mass is 9.99. The fraction of sp³-hybridized carbons (Fsp3) is 0.500. The van der Waals surface area contributed by atoms with Crippen molar-refractivity contribution in [3.05, 3.63) is 34.9 Å². The van der Waals surface area contributed by atoms with Crippen molar-refractivity contribution in [2.75, 3.05) is 0 Å². The molecule has 1 aromatic rings. The summed E-state index contributed by atoms with van der Waals surface area (Å²) in [6.07, 6.45) is 0. The predicted molar refractivity (Wildman–Crippen MR) is 75.3 cm³/mol. The summed E-state index contributed by atoms with van der Waals surface area (Å²) in [5.74, 6) is 0. The zero-order valence-electron chi connectivity index (χ0n) is 11.6. The fourth-order valence-corrected chi connectivity index (χ4v) is 2.45. The molecule has 3 nitrogen and oxygen atoms in total. The first-order valence-electron chi connectivity index (χ1n) is 5.95. The maximum Gasteiger partial charge on any atom is 0.0994 e. The van der Waals surface area contributed by atoms with Gasteiger partial charge >= 0.3 is 0 Å². The van der Waals surface area contributed by atoms with Crippen LogP contribution in [0.2, 0.25) is 0 Å². The zero-order chi connectivity index (χ0) is 13.9. The summed E-state index contributed by atoms with van der Waals surface area (Å²) in [6, 6.07) is 7.75. The second-order valence-electron chi connectivity index (χ2n) is 5.35. The summed E-state index contributed by atoms with van der Waals surface area (Å²) < 4.78 is 14.8. The minimum Gasteiger partial charge on any atom is -0.242 e. The second-order valence-corrected chi connectivity index (χ2v) is 7.35. The third kappa shape index (κ3) is 3.41. The Morgan fingerprint density at radius 2 is 2.00 bits per heavy atom. The summed E-state index contributed by atoms with van der Waals surface area (Å²) in [5, 5.41) is 9.01. The van der Waals surface area contributed by atoms with E-state index in [2.05, 4.69) is 10.8 Å². The molecule has 0 aliphatic rings. The van der Waals surface area contributed by atoms with Crippen molar-refractivity contribution in [3.63, 3.8) is 0 Å². The second kappa shape index (κ2) is 5.64. The van der Waals surface area contributed by atoms with Crippen LogP contribution in [0.15, 0.2) is 18.2 Å². The van der Waals surface area contributed by atoms with Crippen molar-refractivity contribution in [1.82, 2.24) is 4.72 Å². The molecule has 0 bridgehead atoms. The minimum absolute atomic E-state index is 0.0432. The van der Waals surface area contributed by atoms with Crippen LogP contribution in [0.4, 0.5) is 0 Å². The molecule has 1 aromatic carbocycles. The number of hydrogen-bond donors (Lipinski definition) is 1. The van der Waals surface area contributed by atoms with Crippen LogP contribution in [0.3, 0.4) is 0 Å². The van der Waals surface area contributed by atoms with Crippen LogP contribution in [0.25, 0.3) is 0 Å². The normalized spacial score (nSPS) is 14.9. The Morgan fingerprint density at radius 3 is 2.50 bits per heavy atom. The van der Waals surface area contributed by atoms with Crippen LogP contribution in [-0.2, 0) is 11.0 Å². The van der Waals surface area contributed by atoms with E-state index < -0.39 is 11.0 Å². The molecule has 0 aromatic heterocycles. The fourth-order valence-electron chi connectivity index (χ4n) is 1.64. The largest absolute Gasteiger partial charge is 0.242 e. The Kier molecular flexibility index (Phi) is 4.66. The van der Waals surface area contributed by atoms with Gasteiger partial charge in [0.25, 0.3) is 0 Å². The molecule has 4 heteroatoms. The van der Waals surface area contributed by atoms with Gasteiger partial charge in [-0.1, -0.05) is 12.1 Å². The average Bonchev–Trinajstić information content (AvgIpc) is 2.27. The number of nitrogens with zero attached hydrogens (tertiary/aromatic N) is 1. The topological polar surface area (TPSA) is 52.9 Å². The number of rotatable bonds is 3. The summed E-state index contributed by atoms with van der Waals surface area (Å²) >= 11 is 0. The summed E-state index contributed by atoms with van der Waals surface area (Å²) in [6.45, 7) is 9.68. The smallest absolute Gasteiger partial charge is 0.0994 e. The highest BCUT2D eigenvalue weighted by Gasteiger charge is 2.22. The van der Waals surface area contributed by atoms with Crippen molar-refractivity contribution in [3.8, 4) is 6.07 Å².